The molecule has 2 aliphatic carbocycles. The van der Waals surface area contributed by atoms with Crippen LogP contribution in [0, 0.1) is 0 Å². The first kappa shape index (κ1) is 11.2. The summed E-state index contributed by atoms with van der Waals surface area (Å²) in [6.07, 6.45) is 11.4. The maximum atomic E-state index is 6.08. The Bertz CT molecular complexity index is 372. The third kappa shape index (κ3) is 2.53. The van der Waals surface area contributed by atoms with Crippen LogP contribution in [0.5, 0.6) is 0 Å². The second-order valence-electron chi connectivity index (χ2n) is 5.32. The van der Waals surface area contributed by atoms with Gasteiger partial charge < -0.3 is 15.0 Å². The highest BCUT2D eigenvalue weighted by molar-refractivity contribution is 5.02. The van der Waals surface area contributed by atoms with Gasteiger partial charge in [0, 0.05) is 12.1 Å². The van der Waals surface area contributed by atoms with Crippen molar-refractivity contribution < 1.29 is 4.74 Å². The van der Waals surface area contributed by atoms with Crippen molar-refractivity contribution in [2.24, 2.45) is 5.73 Å². The van der Waals surface area contributed by atoms with Gasteiger partial charge in [-0.2, -0.15) is 0 Å². The van der Waals surface area contributed by atoms with E-state index < -0.39 is 0 Å². The molecule has 94 valence electrons. The van der Waals surface area contributed by atoms with Gasteiger partial charge in [-0.25, -0.2) is 4.98 Å². The van der Waals surface area contributed by atoms with E-state index in [0.717, 1.165) is 12.8 Å². The Morgan fingerprint density at radius 2 is 2.12 bits per heavy atom. The number of nitrogens with two attached hydrogens (primary N) is 1. The first-order valence-electron chi connectivity index (χ1n) is 6.72. The second kappa shape index (κ2) is 4.78. The summed E-state index contributed by atoms with van der Waals surface area (Å²) >= 11 is 0. The van der Waals surface area contributed by atoms with Crippen molar-refractivity contribution in [3.8, 4) is 0 Å². The maximum Gasteiger partial charge on any atom is 0.0951 e. The second-order valence-corrected chi connectivity index (χ2v) is 5.32. The van der Waals surface area contributed by atoms with Gasteiger partial charge in [0.1, 0.15) is 0 Å². The molecule has 0 spiro atoms. The zero-order valence-electron chi connectivity index (χ0n) is 10.2. The highest BCUT2D eigenvalue weighted by Crippen LogP contribution is 2.35. The topological polar surface area (TPSA) is 53.1 Å². The Balaban J connectivity index is 1.57. The lowest BCUT2D eigenvalue weighted by atomic mass is 9.93. The molecule has 4 nitrogen and oxygen atoms in total. The largest absolute Gasteiger partial charge is 0.370 e. The molecule has 3 rings (SSSR count). The highest BCUT2D eigenvalue weighted by Gasteiger charge is 2.26. The molecule has 0 amide bonds. The molecule has 1 aromatic heterocycles. The quantitative estimate of drug-likeness (QED) is 0.868. The van der Waals surface area contributed by atoms with Gasteiger partial charge in [0.05, 0.1) is 30.9 Å². The number of hydrogen-bond acceptors (Lipinski definition) is 3. The fraction of sp³-hybridized carbons (Fsp3) is 0.769. The summed E-state index contributed by atoms with van der Waals surface area (Å²) in [5.74, 6) is 0. The zero-order valence-corrected chi connectivity index (χ0v) is 10.2. The van der Waals surface area contributed by atoms with Crippen LogP contribution < -0.4 is 5.73 Å². The van der Waals surface area contributed by atoms with Crippen LogP contribution in [0.4, 0.5) is 0 Å². The molecule has 2 saturated carbocycles. The third-order valence-electron chi connectivity index (χ3n) is 3.89. The van der Waals surface area contributed by atoms with Crippen molar-refractivity contribution in [3.63, 3.8) is 0 Å². The summed E-state index contributed by atoms with van der Waals surface area (Å²) in [5.41, 5.74) is 7.28. The van der Waals surface area contributed by atoms with Gasteiger partial charge in [0.15, 0.2) is 0 Å². The van der Waals surface area contributed by atoms with E-state index in [-0.39, 0.29) is 12.1 Å². The van der Waals surface area contributed by atoms with E-state index in [0.29, 0.717) is 12.6 Å². The summed E-state index contributed by atoms with van der Waals surface area (Å²) < 4.78 is 8.23. The fourth-order valence-corrected chi connectivity index (χ4v) is 2.65. The number of hydrogen-bond donors (Lipinski definition) is 1. The van der Waals surface area contributed by atoms with Gasteiger partial charge in [-0.3, -0.25) is 0 Å². The number of nitrogens with zero attached hydrogens (tertiary/aromatic N) is 2. The molecule has 2 N–H and O–H groups in total. The summed E-state index contributed by atoms with van der Waals surface area (Å²) in [7, 11) is 0. The van der Waals surface area contributed by atoms with Gasteiger partial charge in [-0.1, -0.05) is 12.8 Å². The minimum absolute atomic E-state index is 0.223. The molecule has 1 heterocycles. The van der Waals surface area contributed by atoms with Crippen molar-refractivity contribution in [2.75, 3.05) is 0 Å². The predicted octanol–water partition coefficient (Wildman–Crippen LogP) is 2.00. The fourth-order valence-electron chi connectivity index (χ4n) is 2.65. The number of imidazole rings is 1. The summed E-state index contributed by atoms with van der Waals surface area (Å²) in [6, 6.07) is 0.900. The van der Waals surface area contributed by atoms with Crippen LogP contribution in [0.25, 0.3) is 0 Å². The van der Waals surface area contributed by atoms with Crippen molar-refractivity contribution in [1.82, 2.24) is 9.55 Å². The molecular weight excluding hydrogens is 214 g/mol. The molecule has 4 heteroatoms. The van der Waals surface area contributed by atoms with E-state index >= 15 is 0 Å². The van der Waals surface area contributed by atoms with Crippen LogP contribution in [0.1, 0.15) is 50.3 Å². The van der Waals surface area contributed by atoms with Gasteiger partial charge in [-0.15, -0.1) is 0 Å². The van der Waals surface area contributed by atoms with Crippen LogP contribution in [0.2, 0.25) is 0 Å². The zero-order chi connectivity index (χ0) is 11.7. The number of ether oxygens (including phenoxy) is 1. The summed E-state index contributed by atoms with van der Waals surface area (Å²) in [5, 5.41) is 0. The Kier molecular flexibility index (Phi) is 3.16. The molecule has 2 fully saturated rings. The first-order valence-corrected chi connectivity index (χ1v) is 6.72. The van der Waals surface area contributed by atoms with E-state index in [2.05, 4.69) is 9.55 Å². The lowest BCUT2D eigenvalue weighted by molar-refractivity contribution is 0.00134. The van der Waals surface area contributed by atoms with Crippen LogP contribution in [-0.4, -0.2) is 21.7 Å². The Hall–Kier alpha value is -0.870. The van der Waals surface area contributed by atoms with E-state index in [4.69, 9.17) is 10.5 Å². The van der Waals surface area contributed by atoms with Crippen LogP contribution in [-0.2, 0) is 11.3 Å². The maximum absolute atomic E-state index is 6.08. The minimum atomic E-state index is 0.223. The third-order valence-corrected chi connectivity index (χ3v) is 3.89. The van der Waals surface area contributed by atoms with Crippen molar-refractivity contribution >= 4 is 0 Å². The van der Waals surface area contributed by atoms with E-state index in [1.807, 2.05) is 12.5 Å². The average Bonchev–Trinajstić information content (AvgIpc) is 3.08. The van der Waals surface area contributed by atoms with Crippen molar-refractivity contribution in [2.45, 2.75) is 63.3 Å². The highest BCUT2D eigenvalue weighted by atomic mass is 16.5. The summed E-state index contributed by atoms with van der Waals surface area (Å²) in [4.78, 5) is 4.22. The minimum Gasteiger partial charge on any atom is -0.370 e. The average molecular weight is 235 g/mol. The Morgan fingerprint density at radius 3 is 2.88 bits per heavy atom. The van der Waals surface area contributed by atoms with Gasteiger partial charge in [0.25, 0.3) is 0 Å². The van der Waals surface area contributed by atoms with Gasteiger partial charge in [-0.05, 0) is 25.7 Å². The molecular formula is C13H21N3O. The van der Waals surface area contributed by atoms with Gasteiger partial charge >= 0.3 is 0 Å². The lowest BCUT2D eigenvalue weighted by Crippen LogP contribution is -2.39. The molecule has 0 aromatic carbocycles. The van der Waals surface area contributed by atoms with E-state index in [1.54, 1.807) is 0 Å². The molecule has 2 atom stereocenters. The Labute approximate surface area is 102 Å². The smallest absolute Gasteiger partial charge is 0.0951 e. The molecule has 0 radical (unpaired) electrons. The Morgan fingerprint density at radius 1 is 1.29 bits per heavy atom. The van der Waals surface area contributed by atoms with E-state index in [1.165, 1.54) is 31.4 Å². The SMILES string of the molecule is NC1CCCCC1OCc1cncn1C1CC1. The first-order chi connectivity index (χ1) is 8.34. The number of rotatable bonds is 4. The van der Waals surface area contributed by atoms with Crippen LogP contribution >= 0.6 is 0 Å². The molecule has 1 aromatic rings. The molecule has 0 saturated heterocycles. The predicted molar refractivity (Wildman–Crippen MR) is 65.5 cm³/mol. The molecule has 2 unspecified atom stereocenters. The lowest BCUT2D eigenvalue weighted by Gasteiger charge is -2.28. The van der Waals surface area contributed by atoms with Crippen LogP contribution in [0.3, 0.4) is 0 Å². The molecule has 0 aliphatic heterocycles. The van der Waals surface area contributed by atoms with E-state index in [9.17, 15) is 0 Å². The molecule has 17 heavy (non-hydrogen) atoms. The van der Waals surface area contributed by atoms with Crippen molar-refractivity contribution in [1.29, 1.82) is 0 Å². The van der Waals surface area contributed by atoms with Gasteiger partial charge in [0.2, 0.25) is 0 Å². The molecule has 0 bridgehead atoms. The normalized spacial score (nSPS) is 29.5. The van der Waals surface area contributed by atoms with Crippen molar-refractivity contribution in [3.05, 3.63) is 18.2 Å². The number of aromatic nitrogens is 2. The standard InChI is InChI=1S/C13H21N3O/c14-12-3-1-2-4-13(12)17-8-11-7-15-9-16(11)10-5-6-10/h7,9-10,12-13H,1-6,8,14H2. The van der Waals surface area contributed by atoms with Crippen LogP contribution in [0.15, 0.2) is 12.5 Å². The summed E-state index contributed by atoms with van der Waals surface area (Å²) in [6.45, 7) is 0.662. The molecule has 2 aliphatic rings. The monoisotopic (exact) mass is 235 g/mol.